The number of amides is 2. The topological polar surface area (TPSA) is 153 Å². The molecule has 0 radical (unpaired) electrons. The lowest BCUT2D eigenvalue weighted by Crippen LogP contribution is -2.44. The first-order valence-corrected chi connectivity index (χ1v) is 9.29. The molecule has 31 heavy (non-hydrogen) atoms. The molecule has 0 unspecified atom stereocenters. The highest BCUT2D eigenvalue weighted by Crippen LogP contribution is 2.34. The van der Waals surface area contributed by atoms with Gasteiger partial charge in [0.05, 0.1) is 24.0 Å². The number of halogens is 1. The number of aromatic nitrogens is 4. The summed E-state index contributed by atoms with van der Waals surface area (Å²) in [6.45, 7) is -0.228. The van der Waals surface area contributed by atoms with Gasteiger partial charge in [-0.3, -0.25) is 14.6 Å². The van der Waals surface area contributed by atoms with Gasteiger partial charge in [-0.05, 0) is 12.1 Å². The fourth-order valence-electron chi connectivity index (χ4n) is 3.54. The summed E-state index contributed by atoms with van der Waals surface area (Å²) in [5, 5.41) is 12.1. The number of nitrogens with two attached hydrogens (primary N) is 1. The van der Waals surface area contributed by atoms with Gasteiger partial charge >= 0.3 is 5.97 Å². The Morgan fingerprint density at radius 2 is 2.10 bits per heavy atom. The summed E-state index contributed by atoms with van der Waals surface area (Å²) < 4.78 is 15.2. The molecule has 3 heterocycles. The van der Waals surface area contributed by atoms with Crippen LogP contribution in [0.15, 0.2) is 36.9 Å². The number of carboxylic acids is 1. The van der Waals surface area contributed by atoms with Crippen LogP contribution in [0.4, 0.5) is 4.39 Å². The number of carboxylic acid groups (broad SMARTS) is 1. The van der Waals surface area contributed by atoms with E-state index in [1.165, 1.54) is 23.2 Å². The highest BCUT2D eigenvalue weighted by atomic mass is 19.1. The molecule has 1 aliphatic carbocycles. The van der Waals surface area contributed by atoms with Gasteiger partial charge in [0.2, 0.25) is 11.8 Å². The summed E-state index contributed by atoms with van der Waals surface area (Å²) in [4.78, 5) is 47.2. The van der Waals surface area contributed by atoms with Crippen molar-refractivity contribution >= 4 is 34.4 Å². The second kappa shape index (κ2) is 7.94. The Labute approximate surface area is 174 Å². The van der Waals surface area contributed by atoms with Gasteiger partial charge in [0.25, 0.3) is 0 Å². The summed E-state index contributed by atoms with van der Waals surface area (Å²) in [5.74, 6) is -3.27. The molecule has 4 rings (SSSR count). The van der Waals surface area contributed by atoms with Crippen LogP contribution in [-0.2, 0) is 27.3 Å². The number of fused-ring (bicyclic) bond motifs is 2. The van der Waals surface area contributed by atoms with E-state index < -0.39 is 36.1 Å². The average molecular weight is 424 g/mol. The van der Waals surface area contributed by atoms with Crippen molar-refractivity contribution in [3.8, 4) is 0 Å². The van der Waals surface area contributed by atoms with Crippen molar-refractivity contribution in [2.24, 2.45) is 5.73 Å². The summed E-state index contributed by atoms with van der Waals surface area (Å²) >= 11 is 0. The van der Waals surface area contributed by atoms with E-state index in [9.17, 15) is 18.8 Å². The largest absolute Gasteiger partial charge is 0.480 e. The number of nitrogens with zero attached hydrogens (tertiary/aromatic N) is 4. The van der Waals surface area contributed by atoms with Crippen molar-refractivity contribution < 1.29 is 23.9 Å². The highest BCUT2D eigenvalue weighted by molar-refractivity contribution is 5.95. The number of hydrogen-bond donors (Lipinski definition) is 3. The Morgan fingerprint density at radius 1 is 1.29 bits per heavy atom. The molecule has 10 nitrogen and oxygen atoms in total. The number of aliphatic carboxylic acids is 1. The third-order valence-electron chi connectivity index (χ3n) is 4.89. The van der Waals surface area contributed by atoms with Crippen LogP contribution in [0.5, 0.6) is 0 Å². The normalized spacial score (nSPS) is 13.5. The predicted molar refractivity (Wildman–Crippen MR) is 106 cm³/mol. The molecule has 158 valence electrons. The molecule has 0 saturated heterocycles. The van der Waals surface area contributed by atoms with E-state index in [4.69, 9.17) is 10.8 Å². The first-order valence-electron chi connectivity index (χ1n) is 9.29. The molecule has 0 aromatic carbocycles. The zero-order valence-electron chi connectivity index (χ0n) is 16.1. The Kier molecular flexibility index (Phi) is 5.15. The summed E-state index contributed by atoms with van der Waals surface area (Å²) in [7, 11) is 0. The fourth-order valence-corrected chi connectivity index (χ4v) is 3.54. The van der Waals surface area contributed by atoms with Crippen LogP contribution >= 0.6 is 0 Å². The molecule has 3 aromatic rings. The van der Waals surface area contributed by atoms with Crippen LogP contribution in [0.3, 0.4) is 0 Å². The van der Waals surface area contributed by atoms with Crippen LogP contribution in [0.1, 0.15) is 23.4 Å². The van der Waals surface area contributed by atoms with Crippen molar-refractivity contribution in [1.82, 2.24) is 24.8 Å². The van der Waals surface area contributed by atoms with E-state index in [1.54, 1.807) is 12.3 Å². The minimum atomic E-state index is -1.42. The number of primary amides is 1. The molecule has 2 amide bonds. The van der Waals surface area contributed by atoms with Crippen molar-refractivity contribution in [2.45, 2.75) is 25.4 Å². The molecule has 4 N–H and O–H groups in total. The third-order valence-corrected chi connectivity index (χ3v) is 4.89. The van der Waals surface area contributed by atoms with Crippen molar-refractivity contribution in [1.29, 1.82) is 0 Å². The maximum atomic E-state index is 13.7. The minimum absolute atomic E-state index is 0.228. The SMILES string of the molecule is NC(=O)C[C@H](NC(=O)Cn1ccc2c(C3=CCc4ncc(F)cc43)ncnc21)C(=O)O. The number of rotatable bonds is 7. The van der Waals surface area contributed by atoms with E-state index in [2.05, 4.69) is 20.3 Å². The van der Waals surface area contributed by atoms with E-state index >= 15 is 0 Å². The number of nitrogens with one attached hydrogen (secondary N) is 1. The molecule has 1 atom stereocenters. The predicted octanol–water partition coefficient (Wildman–Crippen LogP) is 0.398. The molecule has 11 heteroatoms. The monoisotopic (exact) mass is 424 g/mol. The summed E-state index contributed by atoms with van der Waals surface area (Å²) in [6.07, 6.45) is 6.07. The summed E-state index contributed by atoms with van der Waals surface area (Å²) in [6, 6.07) is 1.71. The Bertz CT molecular complexity index is 1250. The first kappa shape index (κ1) is 20.1. The van der Waals surface area contributed by atoms with Crippen molar-refractivity contribution in [2.75, 3.05) is 0 Å². The molecule has 0 bridgehead atoms. The van der Waals surface area contributed by atoms with Gasteiger partial charge in [-0.2, -0.15) is 0 Å². The van der Waals surface area contributed by atoms with Gasteiger partial charge in [0.15, 0.2) is 0 Å². The lowest BCUT2D eigenvalue weighted by atomic mass is 10.0. The second-order valence-electron chi connectivity index (χ2n) is 7.00. The fraction of sp³-hybridized carbons (Fsp3) is 0.200. The van der Waals surface area contributed by atoms with Gasteiger partial charge in [-0.1, -0.05) is 6.08 Å². The zero-order chi connectivity index (χ0) is 22.1. The maximum Gasteiger partial charge on any atom is 0.326 e. The molecule has 0 aliphatic heterocycles. The Balaban J connectivity index is 1.61. The van der Waals surface area contributed by atoms with Gasteiger partial charge in [0, 0.05) is 29.1 Å². The molecule has 0 saturated carbocycles. The molecular weight excluding hydrogens is 407 g/mol. The molecule has 0 spiro atoms. The Hall–Kier alpha value is -4.15. The molecule has 1 aliphatic rings. The van der Waals surface area contributed by atoms with Crippen molar-refractivity contribution in [3.63, 3.8) is 0 Å². The van der Waals surface area contributed by atoms with Crippen LogP contribution in [-0.4, -0.2) is 48.5 Å². The van der Waals surface area contributed by atoms with Crippen LogP contribution in [0.25, 0.3) is 16.6 Å². The van der Waals surface area contributed by atoms with Crippen LogP contribution < -0.4 is 11.1 Å². The van der Waals surface area contributed by atoms with Gasteiger partial charge in [-0.15, -0.1) is 0 Å². The van der Waals surface area contributed by atoms with E-state index in [1.807, 2.05) is 6.08 Å². The lowest BCUT2D eigenvalue weighted by Gasteiger charge is -2.13. The van der Waals surface area contributed by atoms with E-state index in [0.29, 0.717) is 28.7 Å². The minimum Gasteiger partial charge on any atom is -0.480 e. The quantitative estimate of drug-likeness (QED) is 0.496. The van der Waals surface area contributed by atoms with Gasteiger partial charge in [-0.25, -0.2) is 19.2 Å². The third kappa shape index (κ3) is 3.97. The second-order valence-corrected chi connectivity index (χ2v) is 7.00. The lowest BCUT2D eigenvalue weighted by molar-refractivity contribution is -0.143. The maximum absolute atomic E-state index is 13.7. The summed E-state index contributed by atoms with van der Waals surface area (Å²) in [5.41, 5.74) is 8.18. The number of carbonyl (C=O) groups excluding carboxylic acids is 2. The smallest absolute Gasteiger partial charge is 0.326 e. The van der Waals surface area contributed by atoms with E-state index in [0.717, 1.165) is 11.3 Å². The number of allylic oxidation sites excluding steroid dienone is 1. The van der Waals surface area contributed by atoms with Crippen LogP contribution in [0.2, 0.25) is 0 Å². The molecule has 3 aromatic heterocycles. The average Bonchev–Trinajstić information content (AvgIpc) is 3.31. The van der Waals surface area contributed by atoms with Crippen LogP contribution in [0, 0.1) is 5.82 Å². The number of carbonyl (C=O) groups is 3. The molecular formula is C20H17FN6O4. The highest BCUT2D eigenvalue weighted by Gasteiger charge is 2.24. The Morgan fingerprint density at radius 3 is 2.84 bits per heavy atom. The zero-order valence-corrected chi connectivity index (χ0v) is 16.1. The van der Waals surface area contributed by atoms with Gasteiger partial charge < -0.3 is 20.7 Å². The number of pyridine rings is 1. The number of hydrogen-bond acceptors (Lipinski definition) is 6. The standard InChI is InChI=1S/C20H17FN6O4/c21-10-5-13-11(1-2-14(13)23-7-10)18-12-3-4-27(19(12)25-9-24-18)8-17(29)26-15(20(30)31)6-16(22)28/h1,3-5,7,9,15H,2,6,8H2,(H2,22,28)(H,26,29)(H,30,31)/t15-/m0/s1. The molecule has 0 fully saturated rings. The van der Waals surface area contributed by atoms with Crippen molar-refractivity contribution in [3.05, 3.63) is 59.7 Å². The van der Waals surface area contributed by atoms with E-state index in [-0.39, 0.29) is 6.54 Å². The van der Waals surface area contributed by atoms with Gasteiger partial charge in [0.1, 0.15) is 30.4 Å². The first-order chi connectivity index (χ1) is 14.8.